The normalized spacial score (nSPS) is 52.8. The lowest BCUT2D eigenvalue weighted by molar-refractivity contribution is -0.174. The van der Waals surface area contributed by atoms with Gasteiger partial charge in [-0.1, -0.05) is 6.08 Å². The fourth-order valence-electron chi connectivity index (χ4n) is 5.14. The second kappa shape index (κ2) is 3.41. The molecule has 4 fully saturated rings. The van der Waals surface area contributed by atoms with Crippen LogP contribution >= 0.6 is 0 Å². The fourth-order valence-corrected chi connectivity index (χ4v) is 5.14. The molecular weight excluding hydrogens is 242 g/mol. The van der Waals surface area contributed by atoms with E-state index in [1.165, 1.54) is 0 Å². The van der Waals surface area contributed by atoms with Crippen molar-refractivity contribution < 1.29 is 14.6 Å². The number of likely N-dealkylation sites (tertiary alicyclic amines) is 1. The molecule has 7 atom stereocenters. The standard InChI is InChI=1S/C15H17NO3/c1-3-5-15-11-9-7-8(12(17)13(9)19-15)10(11)14(18)16(15)6-4-2/h1,4,8-13,17H,2,5-7H2. The molecule has 4 rings (SSSR count). The number of aliphatic hydroxyl groups excluding tert-OH is 1. The van der Waals surface area contributed by atoms with Crippen LogP contribution in [0.1, 0.15) is 12.8 Å². The zero-order chi connectivity index (χ0) is 13.4. The maximum atomic E-state index is 12.6. The summed E-state index contributed by atoms with van der Waals surface area (Å²) in [4.78, 5) is 14.4. The first-order valence-corrected chi connectivity index (χ1v) is 6.87. The Hall–Kier alpha value is -1.31. The molecule has 2 saturated carbocycles. The first-order chi connectivity index (χ1) is 9.15. The van der Waals surface area contributed by atoms with Crippen LogP contribution in [0, 0.1) is 36.0 Å². The maximum absolute atomic E-state index is 12.6. The predicted octanol–water partition coefficient (Wildman–Crippen LogP) is 0.376. The molecule has 1 amide bonds. The number of aliphatic hydroxyl groups is 1. The van der Waals surface area contributed by atoms with Crippen molar-refractivity contribution in [3.05, 3.63) is 12.7 Å². The van der Waals surface area contributed by atoms with E-state index in [-0.39, 0.29) is 35.7 Å². The first-order valence-electron chi connectivity index (χ1n) is 6.87. The molecule has 100 valence electrons. The lowest BCUT2D eigenvalue weighted by Gasteiger charge is -2.37. The molecule has 2 aliphatic carbocycles. The van der Waals surface area contributed by atoms with E-state index in [0.29, 0.717) is 13.0 Å². The number of hydrogen-bond acceptors (Lipinski definition) is 3. The number of amides is 1. The summed E-state index contributed by atoms with van der Waals surface area (Å²) in [6.45, 7) is 4.19. The van der Waals surface area contributed by atoms with Crippen molar-refractivity contribution in [3.8, 4) is 12.3 Å². The number of ether oxygens (including phenoxy) is 1. The molecule has 2 bridgehead atoms. The summed E-state index contributed by atoms with van der Waals surface area (Å²) >= 11 is 0. The van der Waals surface area contributed by atoms with Crippen molar-refractivity contribution in [2.24, 2.45) is 23.7 Å². The Labute approximate surface area is 112 Å². The summed E-state index contributed by atoms with van der Waals surface area (Å²) < 4.78 is 6.17. The Morgan fingerprint density at radius 3 is 3.11 bits per heavy atom. The van der Waals surface area contributed by atoms with Crippen LogP contribution in [0.3, 0.4) is 0 Å². The van der Waals surface area contributed by atoms with Crippen LogP contribution in [0.25, 0.3) is 0 Å². The van der Waals surface area contributed by atoms with Crippen LogP contribution in [0.2, 0.25) is 0 Å². The van der Waals surface area contributed by atoms with Gasteiger partial charge in [0.1, 0.15) is 0 Å². The predicted molar refractivity (Wildman–Crippen MR) is 67.5 cm³/mol. The highest BCUT2D eigenvalue weighted by atomic mass is 16.6. The van der Waals surface area contributed by atoms with Gasteiger partial charge in [-0.2, -0.15) is 0 Å². The Morgan fingerprint density at radius 2 is 2.42 bits per heavy atom. The summed E-state index contributed by atoms with van der Waals surface area (Å²) in [5.41, 5.74) is -0.688. The van der Waals surface area contributed by atoms with E-state index >= 15 is 0 Å². The van der Waals surface area contributed by atoms with Gasteiger partial charge in [-0.3, -0.25) is 4.79 Å². The topological polar surface area (TPSA) is 49.8 Å². The quantitative estimate of drug-likeness (QED) is 0.589. The zero-order valence-corrected chi connectivity index (χ0v) is 10.7. The number of rotatable bonds is 3. The van der Waals surface area contributed by atoms with Gasteiger partial charge in [0.15, 0.2) is 5.72 Å². The van der Waals surface area contributed by atoms with Crippen molar-refractivity contribution in [3.63, 3.8) is 0 Å². The van der Waals surface area contributed by atoms with Crippen LogP contribution < -0.4 is 0 Å². The van der Waals surface area contributed by atoms with Crippen LogP contribution in [0.15, 0.2) is 12.7 Å². The SMILES string of the molecule is C#CCC12OC3C(O)C4CC3C1C4C(=O)N2CC=C. The number of fused-ring (bicyclic) bond motifs is 2. The minimum atomic E-state index is -0.688. The highest BCUT2D eigenvalue weighted by Gasteiger charge is 2.77. The van der Waals surface area contributed by atoms with E-state index in [4.69, 9.17) is 11.2 Å². The van der Waals surface area contributed by atoms with Crippen LogP contribution in [-0.2, 0) is 9.53 Å². The summed E-state index contributed by atoms with van der Waals surface area (Å²) in [6, 6.07) is 0. The van der Waals surface area contributed by atoms with Gasteiger partial charge >= 0.3 is 0 Å². The molecule has 2 heterocycles. The second-order valence-corrected chi connectivity index (χ2v) is 6.15. The molecule has 0 aromatic carbocycles. The van der Waals surface area contributed by atoms with Crippen molar-refractivity contribution in [1.82, 2.24) is 4.90 Å². The van der Waals surface area contributed by atoms with Crippen molar-refractivity contribution >= 4 is 5.91 Å². The smallest absolute Gasteiger partial charge is 0.229 e. The zero-order valence-electron chi connectivity index (χ0n) is 10.7. The van der Waals surface area contributed by atoms with E-state index in [0.717, 1.165) is 6.42 Å². The Bertz CT molecular complexity index is 510. The van der Waals surface area contributed by atoms with Gasteiger partial charge in [0.05, 0.1) is 24.5 Å². The van der Waals surface area contributed by atoms with E-state index < -0.39 is 11.8 Å². The van der Waals surface area contributed by atoms with E-state index in [2.05, 4.69) is 12.5 Å². The molecule has 0 radical (unpaired) electrons. The maximum Gasteiger partial charge on any atom is 0.229 e. The van der Waals surface area contributed by atoms with Crippen LogP contribution in [0.5, 0.6) is 0 Å². The van der Waals surface area contributed by atoms with E-state index in [1.54, 1.807) is 11.0 Å². The lowest BCUT2D eigenvalue weighted by atomic mass is 9.76. The highest BCUT2D eigenvalue weighted by Crippen LogP contribution is 2.68. The Kier molecular flexibility index (Phi) is 2.07. The molecular formula is C15H17NO3. The van der Waals surface area contributed by atoms with Crippen molar-refractivity contribution in [2.45, 2.75) is 30.8 Å². The average Bonchev–Trinajstić information content (AvgIpc) is 3.03. The molecule has 0 spiro atoms. The molecule has 7 unspecified atom stereocenters. The Morgan fingerprint density at radius 1 is 1.63 bits per heavy atom. The molecule has 19 heavy (non-hydrogen) atoms. The minimum absolute atomic E-state index is 0.0574. The highest BCUT2D eigenvalue weighted by molar-refractivity contribution is 5.84. The van der Waals surface area contributed by atoms with Crippen LogP contribution in [-0.4, -0.2) is 40.4 Å². The molecule has 2 saturated heterocycles. The van der Waals surface area contributed by atoms with Crippen LogP contribution in [0.4, 0.5) is 0 Å². The fraction of sp³-hybridized carbons (Fsp3) is 0.667. The van der Waals surface area contributed by atoms with Crippen molar-refractivity contribution in [1.29, 1.82) is 0 Å². The van der Waals surface area contributed by atoms with E-state index in [1.807, 2.05) is 0 Å². The monoisotopic (exact) mass is 259 g/mol. The van der Waals surface area contributed by atoms with Gasteiger partial charge in [0.2, 0.25) is 5.91 Å². The molecule has 4 heteroatoms. The molecule has 4 nitrogen and oxygen atoms in total. The summed E-state index contributed by atoms with van der Waals surface area (Å²) in [7, 11) is 0. The second-order valence-electron chi connectivity index (χ2n) is 6.15. The average molecular weight is 259 g/mol. The van der Waals surface area contributed by atoms with E-state index in [9.17, 15) is 9.90 Å². The van der Waals surface area contributed by atoms with Crippen molar-refractivity contribution in [2.75, 3.05) is 6.54 Å². The lowest BCUT2D eigenvalue weighted by Crippen LogP contribution is -2.50. The number of terminal acetylenes is 1. The van der Waals surface area contributed by atoms with Gasteiger partial charge in [-0.25, -0.2) is 0 Å². The van der Waals surface area contributed by atoms with Gasteiger partial charge in [0.25, 0.3) is 0 Å². The molecule has 0 aromatic rings. The molecule has 2 aliphatic heterocycles. The number of hydrogen-bond donors (Lipinski definition) is 1. The molecule has 0 aromatic heterocycles. The summed E-state index contributed by atoms with van der Waals surface area (Å²) in [6.07, 6.45) is 7.90. The third kappa shape index (κ3) is 1.05. The number of carbonyl (C=O) groups is 1. The Balaban J connectivity index is 1.84. The van der Waals surface area contributed by atoms with Gasteiger partial charge in [0, 0.05) is 12.5 Å². The third-order valence-electron chi connectivity index (χ3n) is 5.59. The number of nitrogens with zero attached hydrogens (tertiary/aromatic N) is 1. The molecule has 4 aliphatic rings. The third-order valence-corrected chi connectivity index (χ3v) is 5.59. The van der Waals surface area contributed by atoms with Gasteiger partial charge in [-0.15, -0.1) is 18.9 Å². The first kappa shape index (κ1) is 11.5. The number of carbonyl (C=O) groups excluding carboxylic acids is 1. The summed E-state index contributed by atoms with van der Waals surface area (Å²) in [5.74, 6) is 3.16. The van der Waals surface area contributed by atoms with Gasteiger partial charge in [-0.05, 0) is 18.3 Å². The molecule has 1 N–H and O–H groups in total. The van der Waals surface area contributed by atoms with Gasteiger partial charge < -0.3 is 14.7 Å². The minimum Gasteiger partial charge on any atom is -0.390 e. The largest absolute Gasteiger partial charge is 0.390 e. The summed E-state index contributed by atoms with van der Waals surface area (Å²) in [5, 5.41) is 10.3.